The van der Waals surface area contributed by atoms with Gasteiger partial charge in [0.2, 0.25) is 0 Å². The SMILES string of the molecule is COc1cc(O)c(C2=N[C@@H](C(=O)O)CS2)cc1O. The molecule has 0 amide bonds. The van der Waals surface area contributed by atoms with E-state index >= 15 is 0 Å². The average molecular weight is 269 g/mol. The van der Waals surface area contributed by atoms with E-state index in [-0.39, 0.29) is 17.2 Å². The summed E-state index contributed by atoms with van der Waals surface area (Å²) in [6.45, 7) is 0. The van der Waals surface area contributed by atoms with Crippen LogP contribution in [0, 0.1) is 0 Å². The number of phenols is 2. The number of carboxylic acids is 1. The first-order valence-corrected chi connectivity index (χ1v) is 6.05. The highest BCUT2D eigenvalue weighted by Crippen LogP contribution is 2.36. The Balaban J connectivity index is 2.38. The number of benzene rings is 1. The molecule has 1 atom stereocenters. The number of aromatic hydroxyl groups is 2. The monoisotopic (exact) mass is 269 g/mol. The van der Waals surface area contributed by atoms with Gasteiger partial charge in [-0.1, -0.05) is 0 Å². The Labute approximate surface area is 107 Å². The Kier molecular flexibility index (Phi) is 3.33. The zero-order valence-electron chi connectivity index (χ0n) is 9.45. The number of phenolic OH excluding ortho intramolecular Hbond substituents is 2. The molecule has 1 aliphatic heterocycles. The fraction of sp³-hybridized carbons (Fsp3) is 0.273. The topological polar surface area (TPSA) is 99.4 Å². The molecule has 0 saturated heterocycles. The molecule has 3 N–H and O–H groups in total. The van der Waals surface area contributed by atoms with Crippen molar-refractivity contribution in [2.24, 2.45) is 4.99 Å². The molecular formula is C11H11NO5S. The second-order valence-corrected chi connectivity index (χ2v) is 4.65. The summed E-state index contributed by atoms with van der Waals surface area (Å²) in [7, 11) is 1.37. The van der Waals surface area contributed by atoms with Crippen LogP contribution in [-0.2, 0) is 4.79 Å². The third-order valence-electron chi connectivity index (χ3n) is 2.46. The number of aliphatic carboxylic acids is 1. The lowest BCUT2D eigenvalue weighted by molar-refractivity contribution is -0.137. The molecule has 18 heavy (non-hydrogen) atoms. The van der Waals surface area contributed by atoms with Crippen molar-refractivity contribution in [2.45, 2.75) is 6.04 Å². The highest BCUT2D eigenvalue weighted by atomic mass is 32.2. The lowest BCUT2D eigenvalue weighted by atomic mass is 10.2. The molecule has 7 heteroatoms. The van der Waals surface area contributed by atoms with Gasteiger partial charge in [0.15, 0.2) is 17.5 Å². The summed E-state index contributed by atoms with van der Waals surface area (Å²) in [4.78, 5) is 14.8. The molecule has 0 radical (unpaired) electrons. The van der Waals surface area contributed by atoms with Gasteiger partial charge >= 0.3 is 5.97 Å². The molecule has 1 aromatic carbocycles. The number of hydrogen-bond acceptors (Lipinski definition) is 6. The van der Waals surface area contributed by atoms with Crippen LogP contribution in [-0.4, -0.2) is 45.2 Å². The van der Waals surface area contributed by atoms with Gasteiger partial charge in [0, 0.05) is 11.8 Å². The predicted octanol–water partition coefficient (Wildman–Crippen LogP) is 1.05. The maximum Gasteiger partial charge on any atom is 0.329 e. The number of methoxy groups -OCH3 is 1. The standard InChI is InChI=1S/C11H11NO5S/c1-17-9-3-7(13)5(2-8(9)14)10-12-6(4-18-10)11(15)16/h2-3,6,13-14H,4H2,1H3,(H,15,16)/t6-/m1/s1. The minimum atomic E-state index is -1.00. The van der Waals surface area contributed by atoms with E-state index in [1.807, 2.05) is 0 Å². The van der Waals surface area contributed by atoms with Crippen LogP contribution in [0.3, 0.4) is 0 Å². The van der Waals surface area contributed by atoms with E-state index in [2.05, 4.69) is 4.99 Å². The van der Waals surface area contributed by atoms with Crippen molar-refractivity contribution in [3.8, 4) is 17.2 Å². The molecule has 0 aliphatic carbocycles. The van der Waals surface area contributed by atoms with Crippen LogP contribution in [0.2, 0.25) is 0 Å². The number of nitrogens with zero attached hydrogens (tertiary/aromatic N) is 1. The van der Waals surface area contributed by atoms with Gasteiger partial charge in [-0.15, -0.1) is 11.8 Å². The Bertz CT molecular complexity index is 528. The largest absolute Gasteiger partial charge is 0.507 e. The third-order valence-corrected chi connectivity index (χ3v) is 3.54. The minimum absolute atomic E-state index is 0.109. The highest BCUT2D eigenvalue weighted by molar-refractivity contribution is 8.14. The summed E-state index contributed by atoms with van der Waals surface area (Å²) in [5.41, 5.74) is 0.307. The van der Waals surface area contributed by atoms with Crippen LogP contribution in [0.25, 0.3) is 0 Å². The maximum atomic E-state index is 10.8. The molecule has 96 valence electrons. The lowest BCUT2D eigenvalue weighted by Gasteiger charge is -2.08. The van der Waals surface area contributed by atoms with Crippen molar-refractivity contribution < 1.29 is 24.9 Å². The van der Waals surface area contributed by atoms with Gasteiger partial charge in [0.1, 0.15) is 10.8 Å². The van der Waals surface area contributed by atoms with Gasteiger partial charge in [0.05, 0.1) is 12.7 Å². The van der Waals surface area contributed by atoms with Gasteiger partial charge in [-0.3, -0.25) is 4.99 Å². The lowest BCUT2D eigenvalue weighted by Crippen LogP contribution is -2.17. The third kappa shape index (κ3) is 2.21. The average Bonchev–Trinajstić information content (AvgIpc) is 2.81. The molecule has 1 heterocycles. The van der Waals surface area contributed by atoms with Crippen molar-refractivity contribution in [1.29, 1.82) is 0 Å². The van der Waals surface area contributed by atoms with Crippen LogP contribution in [0.4, 0.5) is 0 Å². The summed E-state index contributed by atoms with van der Waals surface area (Å²) < 4.78 is 4.85. The Morgan fingerprint density at radius 1 is 1.44 bits per heavy atom. The summed E-state index contributed by atoms with van der Waals surface area (Å²) in [5, 5.41) is 28.7. The first-order chi connectivity index (χ1) is 8.52. The van der Waals surface area contributed by atoms with Crippen LogP contribution in [0.5, 0.6) is 17.2 Å². The number of carboxylic acid groups (broad SMARTS) is 1. The summed E-state index contributed by atoms with van der Waals surface area (Å²) in [6.07, 6.45) is 0. The van der Waals surface area contributed by atoms with Crippen molar-refractivity contribution in [3.63, 3.8) is 0 Å². The number of aliphatic imine (C=N–C) groups is 1. The van der Waals surface area contributed by atoms with Crippen LogP contribution < -0.4 is 4.74 Å². The molecule has 6 nitrogen and oxygen atoms in total. The van der Waals surface area contributed by atoms with Gasteiger partial charge < -0.3 is 20.1 Å². The molecule has 0 unspecified atom stereocenters. The van der Waals surface area contributed by atoms with E-state index < -0.39 is 12.0 Å². The van der Waals surface area contributed by atoms with Crippen LogP contribution in [0.15, 0.2) is 17.1 Å². The Hall–Kier alpha value is -1.89. The van der Waals surface area contributed by atoms with E-state index in [9.17, 15) is 15.0 Å². The van der Waals surface area contributed by atoms with E-state index in [4.69, 9.17) is 9.84 Å². The zero-order chi connectivity index (χ0) is 13.3. The molecule has 0 aromatic heterocycles. The highest BCUT2D eigenvalue weighted by Gasteiger charge is 2.27. The second kappa shape index (κ2) is 4.77. The fourth-order valence-corrected chi connectivity index (χ4v) is 2.59. The van der Waals surface area contributed by atoms with Crippen molar-refractivity contribution in [1.82, 2.24) is 0 Å². The molecule has 2 rings (SSSR count). The van der Waals surface area contributed by atoms with Gasteiger partial charge in [0.25, 0.3) is 0 Å². The van der Waals surface area contributed by atoms with Crippen LogP contribution >= 0.6 is 11.8 Å². The smallest absolute Gasteiger partial charge is 0.329 e. The normalized spacial score (nSPS) is 18.5. The first-order valence-electron chi connectivity index (χ1n) is 5.06. The van der Waals surface area contributed by atoms with Crippen molar-refractivity contribution in [2.75, 3.05) is 12.9 Å². The van der Waals surface area contributed by atoms with Gasteiger partial charge in [-0.2, -0.15) is 0 Å². The summed E-state index contributed by atoms with van der Waals surface area (Å²) in [5.74, 6) is -0.782. The number of rotatable bonds is 3. The van der Waals surface area contributed by atoms with E-state index in [1.54, 1.807) is 0 Å². The molecule has 1 aliphatic rings. The molecule has 0 saturated carbocycles. The molecule has 1 aromatic rings. The van der Waals surface area contributed by atoms with E-state index in [1.165, 1.54) is 31.0 Å². The molecule has 0 bridgehead atoms. The number of thioether (sulfide) groups is 1. The number of carbonyl (C=O) groups is 1. The summed E-state index contributed by atoms with van der Waals surface area (Å²) in [6, 6.07) is 1.76. The predicted molar refractivity (Wildman–Crippen MR) is 66.7 cm³/mol. The quantitative estimate of drug-likeness (QED) is 0.709. The summed E-state index contributed by atoms with van der Waals surface area (Å²) >= 11 is 1.23. The van der Waals surface area contributed by atoms with E-state index in [0.717, 1.165) is 0 Å². The zero-order valence-corrected chi connectivity index (χ0v) is 10.3. The first kappa shape index (κ1) is 12.6. The molecule has 0 spiro atoms. The van der Waals surface area contributed by atoms with Crippen molar-refractivity contribution in [3.05, 3.63) is 17.7 Å². The Morgan fingerprint density at radius 3 is 2.72 bits per heavy atom. The second-order valence-electron chi connectivity index (χ2n) is 3.64. The molecule has 0 fully saturated rings. The number of hydrogen-bond donors (Lipinski definition) is 3. The number of ether oxygens (including phenoxy) is 1. The molecular weight excluding hydrogens is 258 g/mol. The van der Waals surface area contributed by atoms with Crippen molar-refractivity contribution >= 4 is 22.8 Å². The van der Waals surface area contributed by atoms with Crippen LogP contribution in [0.1, 0.15) is 5.56 Å². The minimum Gasteiger partial charge on any atom is -0.507 e. The van der Waals surface area contributed by atoms with E-state index in [0.29, 0.717) is 16.4 Å². The van der Waals surface area contributed by atoms with Gasteiger partial charge in [-0.05, 0) is 6.07 Å². The Morgan fingerprint density at radius 2 is 2.17 bits per heavy atom. The van der Waals surface area contributed by atoms with Gasteiger partial charge in [-0.25, -0.2) is 4.79 Å². The maximum absolute atomic E-state index is 10.8. The fourth-order valence-electron chi connectivity index (χ4n) is 1.54.